The van der Waals surface area contributed by atoms with Crippen molar-refractivity contribution in [2.45, 2.75) is 38.3 Å². The summed E-state index contributed by atoms with van der Waals surface area (Å²) in [5.41, 5.74) is 3.44. The first-order chi connectivity index (χ1) is 18.2. The first kappa shape index (κ1) is 24.8. The summed E-state index contributed by atoms with van der Waals surface area (Å²) >= 11 is 0. The van der Waals surface area contributed by atoms with Crippen molar-refractivity contribution in [3.05, 3.63) is 71.7 Å². The third-order valence-electron chi connectivity index (χ3n) is 7.11. The van der Waals surface area contributed by atoms with Gasteiger partial charge in [-0.05, 0) is 77.9 Å². The van der Waals surface area contributed by atoms with E-state index in [4.69, 9.17) is 14.2 Å². The Morgan fingerprint density at radius 1 is 1.08 bits per heavy atom. The van der Waals surface area contributed by atoms with Gasteiger partial charge in [0, 0.05) is 17.1 Å². The Morgan fingerprint density at radius 2 is 1.89 bits per heavy atom. The van der Waals surface area contributed by atoms with Crippen molar-refractivity contribution < 1.29 is 14.2 Å². The van der Waals surface area contributed by atoms with Crippen LogP contribution in [0.4, 0.5) is 0 Å². The molecule has 5 rings (SSSR count). The SMILES string of the molecule is COc1cc(Cn2nnnc2C(NCCc2c[nH]c3ccccc23)C2CC=CCC2)cc(OC)c1OC. The Hall–Kier alpha value is -3.85. The van der Waals surface area contributed by atoms with Crippen LogP contribution in [-0.2, 0) is 13.0 Å². The van der Waals surface area contributed by atoms with Gasteiger partial charge in [0.15, 0.2) is 17.3 Å². The van der Waals surface area contributed by atoms with Gasteiger partial charge in [-0.1, -0.05) is 30.4 Å². The van der Waals surface area contributed by atoms with Crippen LogP contribution in [0.2, 0.25) is 0 Å². The molecule has 2 atom stereocenters. The predicted octanol–water partition coefficient (Wildman–Crippen LogP) is 4.46. The number of aromatic amines is 1. The first-order valence-electron chi connectivity index (χ1n) is 12.7. The average molecular weight is 503 g/mol. The van der Waals surface area contributed by atoms with Gasteiger partial charge in [-0.15, -0.1) is 5.10 Å². The number of allylic oxidation sites excluding steroid dienone is 2. The number of hydrogen-bond acceptors (Lipinski definition) is 7. The molecule has 194 valence electrons. The molecule has 0 radical (unpaired) electrons. The van der Waals surface area contributed by atoms with Gasteiger partial charge in [-0.2, -0.15) is 0 Å². The highest BCUT2D eigenvalue weighted by Crippen LogP contribution is 2.38. The van der Waals surface area contributed by atoms with Crippen LogP contribution in [0.5, 0.6) is 17.2 Å². The van der Waals surface area contributed by atoms with Crippen molar-refractivity contribution in [2.75, 3.05) is 27.9 Å². The number of methoxy groups -OCH3 is 3. The highest BCUT2D eigenvalue weighted by atomic mass is 16.5. The summed E-state index contributed by atoms with van der Waals surface area (Å²) in [7, 11) is 4.84. The van der Waals surface area contributed by atoms with E-state index in [0.29, 0.717) is 29.7 Å². The van der Waals surface area contributed by atoms with Gasteiger partial charge in [-0.3, -0.25) is 0 Å². The molecule has 37 heavy (non-hydrogen) atoms. The zero-order valence-electron chi connectivity index (χ0n) is 21.6. The second-order valence-corrected chi connectivity index (χ2v) is 9.31. The number of fused-ring (bicyclic) bond motifs is 1. The van der Waals surface area contributed by atoms with Crippen molar-refractivity contribution in [3.63, 3.8) is 0 Å². The standard InChI is InChI=1S/C28H34N6O3/c1-35-24-15-19(16-25(36-2)27(24)37-3)18-34-28(31-32-33-34)26(20-9-5-4-6-10-20)29-14-13-21-17-30-23-12-8-7-11-22(21)23/h4-5,7-8,11-12,15-17,20,26,29-30H,6,9-10,13-14,18H2,1-3H3. The molecule has 2 aromatic heterocycles. The summed E-state index contributed by atoms with van der Waals surface area (Å²) in [4.78, 5) is 3.38. The van der Waals surface area contributed by atoms with Crippen LogP contribution < -0.4 is 19.5 Å². The van der Waals surface area contributed by atoms with Crippen molar-refractivity contribution >= 4 is 10.9 Å². The van der Waals surface area contributed by atoms with Gasteiger partial charge in [0.25, 0.3) is 0 Å². The third-order valence-corrected chi connectivity index (χ3v) is 7.11. The smallest absolute Gasteiger partial charge is 0.203 e. The second-order valence-electron chi connectivity index (χ2n) is 9.31. The van der Waals surface area contributed by atoms with E-state index in [9.17, 15) is 0 Å². The van der Waals surface area contributed by atoms with Crippen LogP contribution >= 0.6 is 0 Å². The zero-order valence-corrected chi connectivity index (χ0v) is 21.6. The minimum atomic E-state index is 0.0344. The van der Waals surface area contributed by atoms with Crippen LogP contribution in [0.25, 0.3) is 10.9 Å². The summed E-state index contributed by atoms with van der Waals surface area (Å²) in [6, 6.07) is 12.3. The number of para-hydroxylation sites is 1. The highest BCUT2D eigenvalue weighted by molar-refractivity contribution is 5.83. The monoisotopic (exact) mass is 502 g/mol. The number of hydrogen-bond donors (Lipinski definition) is 2. The van der Waals surface area contributed by atoms with E-state index < -0.39 is 0 Å². The lowest BCUT2D eigenvalue weighted by Gasteiger charge is -2.28. The van der Waals surface area contributed by atoms with Gasteiger partial charge >= 0.3 is 0 Å². The lowest BCUT2D eigenvalue weighted by atomic mass is 9.87. The minimum Gasteiger partial charge on any atom is -0.493 e. The highest BCUT2D eigenvalue weighted by Gasteiger charge is 2.28. The molecular weight excluding hydrogens is 468 g/mol. The van der Waals surface area contributed by atoms with E-state index in [-0.39, 0.29) is 6.04 Å². The summed E-state index contributed by atoms with van der Waals surface area (Å²) in [6.45, 7) is 1.31. The topological polar surface area (TPSA) is 99.1 Å². The number of benzene rings is 2. The average Bonchev–Trinajstić information content (AvgIpc) is 3.58. The number of nitrogens with zero attached hydrogens (tertiary/aromatic N) is 4. The second kappa shape index (κ2) is 11.5. The molecule has 2 heterocycles. The maximum atomic E-state index is 5.54. The fourth-order valence-electron chi connectivity index (χ4n) is 5.24. The Balaban J connectivity index is 1.38. The maximum Gasteiger partial charge on any atom is 0.203 e. The minimum absolute atomic E-state index is 0.0344. The van der Waals surface area contributed by atoms with Gasteiger partial charge in [0.2, 0.25) is 5.75 Å². The summed E-state index contributed by atoms with van der Waals surface area (Å²) in [5, 5.41) is 18.0. The molecule has 1 aliphatic carbocycles. The van der Waals surface area contributed by atoms with E-state index in [1.165, 1.54) is 16.5 Å². The van der Waals surface area contributed by atoms with E-state index in [0.717, 1.165) is 43.6 Å². The molecule has 1 aliphatic rings. The van der Waals surface area contributed by atoms with E-state index in [2.05, 4.69) is 68.4 Å². The van der Waals surface area contributed by atoms with Crippen LogP contribution in [0, 0.1) is 5.92 Å². The molecule has 0 saturated carbocycles. The van der Waals surface area contributed by atoms with Gasteiger partial charge < -0.3 is 24.5 Å². The lowest BCUT2D eigenvalue weighted by Crippen LogP contribution is -2.33. The third kappa shape index (κ3) is 5.32. The molecule has 2 aromatic carbocycles. The number of rotatable bonds is 11. The molecule has 0 amide bonds. The van der Waals surface area contributed by atoms with Crippen molar-refractivity contribution in [1.29, 1.82) is 0 Å². The molecular formula is C28H34N6O3. The Bertz CT molecular complexity index is 1340. The number of ether oxygens (including phenoxy) is 3. The van der Waals surface area contributed by atoms with Crippen molar-refractivity contribution in [3.8, 4) is 17.2 Å². The summed E-state index contributed by atoms with van der Waals surface area (Å²) < 4.78 is 18.4. The fraction of sp³-hybridized carbons (Fsp3) is 0.393. The lowest BCUT2D eigenvalue weighted by molar-refractivity contribution is 0.314. The molecule has 9 nitrogen and oxygen atoms in total. The molecule has 0 saturated heterocycles. The number of tetrazole rings is 1. The Labute approximate surface area is 216 Å². The van der Waals surface area contributed by atoms with E-state index in [1.807, 2.05) is 16.8 Å². The molecule has 0 spiro atoms. The zero-order chi connectivity index (χ0) is 25.6. The number of nitrogens with one attached hydrogen (secondary N) is 2. The quantitative estimate of drug-likeness (QED) is 0.292. The first-order valence-corrected chi connectivity index (χ1v) is 12.7. The fourth-order valence-corrected chi connectivity index (χ4v) is 5.24. The van der Waals surface area contributed by atoms with E-state index in [1.54, 1.807) is 21.3 Å². The van der Waals surface area contributed by atoms with Crippen LogP contribution in [0.15, 0.2) is 54.7 Å². The van der Waals surface area contributed by atoms with Gasteiger partial charge in [0.05, 0.1) is 33.9 Å². The van der Waals surface area contributed by atoms with Crippen molar-refractivity contribution in [1.82, 2.24) is 30.5 Å². The molecule has 0 fully saturated rings. The van der Waals surface area contributed by atoms with Crippen LogP contribution in [-0.4, -0.2) is 53.1 Å². The maximum absolute atomic E-state index is 5.54. The molecule has 9 heteroatoms. The summed E-state index contributed by atoms with van der Waals surface area (Å²) in [6.07, 6.45) is 10.7. The summed E-state index contributed by atoms with van der Waals surface area (Å²) in [5.74, 6) is 3.04. The van der Waals surface area contributed by atoms with Gasteiger partial charge in [0.1, 0.15) is 0 Å². The Kier molecular flexibility index (Phi) is 7.70. The van der Waals surface area contributed by atoms with Crippen LogP contribution in [0.1, 0.15) is 42.3 Å². The predicted molar refractivity (Wildman–Crippen MR) is 142 cm³/mol. The van der Waals surface area contributed by atoms with E-state index >= 15 is 0 Å². The van der Waals surface area contributed by atoms with Crippen molar-refractivity contribution in [2.24, 2.45) is 5.92 Å². The molecule has 2 unspecified atom stereocenters. The molecule has 4 aromatic rings. The number of aromatic nitrogens is 5. The largest absolute Gasteiger partial charge is 0.493 e. The Morgan fingerprint density at radius 3 is 2.62 bits per heavy atom. The normalized spacial score (nSPS) is 16.1. The van der Waals surface area contributed by atoms with Crippen LogP contribution in [0.3, 0.4) is 0 Å². The molecule has 0 aliphatic heterocycles. The molecule has 2 N–H and O–H groups in total. The number of H-pyrrole nitrogens is 1. The molecule has 0 bridgehead atoms. The van der Waals surface area contributed by atoms with Gasteiger partial charge in [-0.25, -0.2) is 4.68 Å².